The van der Waals surface area contributed by atoms with Crippen LogP contribution < -0.4 is 16.1 Å². The van der Waals surface area contributed by atoms with Gasteiger partial charge in [0.2, 0.25) is 5.91 Å². The van der Waals surface area contributed by atoms with Crippen LogP contribution in [0.5, 0.6) is 0 Å². The highest BCUT2D eigenvalue weighted by molar-refractivity contribution is 5.77. The summed E-state index contributed by atoms with van der Waals surface area (Å²) in [5.74, 6) is 0.799. The third-order valence-corrected chi connectivity index (χ3v) is 4.86. The first-order chi connectivity index (χ1) is 13.6. The number of anilines is 1. The molecule has 28 heavy (non-hydrogen) atoms. The molecule has 0 atom stereocenters. The first kappa shape index (κ1) is 17.9. The second kappa shape index (κ2) is 7.63. The molecule has 1 aliphatic heterocycles. The van der Waals surface area contributed by atoms with Gasteiger partial charge in [-0.3, -0.25) is 19.6 Å². The predicted molar refractivity (Wildman–Crippen MR) is 104 cm³/mol. The summed E-state index contributed by atoms with van der Waals surface area (Å²) in [7, 11) is 0. The molecule has 0 saturated carbocycles. The normalized spacial score (nSPS) is 14.4. The van der Waals surface area contributed by atoms with Crippen molar-refractivity contribution in [1.82, 2.24) is 24.4 Å². The van der Waals surface area contributed by atoms with Crippen molar-refractivity contribution in [1.29, 1.82) is 0 Å². The van der Waals surface area contributed by atoms with Gasteiger partial charge in [-0.2, -0.15) is 0 Å². The number of carbonyl (C=O) groups is 1. The highest BCUT2D eigenvalue weighted by Crippen LogP contribution is 2.17. The smallest absolute Gasteiger partial charge is 0.328 e. The number of aryl methyl sites for hydroxylation is 1. The molecule has 0 unspecified atom stereocenters. The zero-order valence-electron chi connectivity index (χ0n) is 15.2. The lowest BCUT2D eigenvalue weighted by Gasteiger charge is -2.35. The van der Waals surface area contributed by atoms with Crippen molar-refractivity contribution in [2.45, 2.75) is 13.0 Å². The summed E-state index contributed by atoms with van der Waals surface area (Å²) < 4.78 is 1.33. The van der Waals surface area contributed by atoms with Crippen molar-refractivity contribution in [2.75, 3.05) is 31.1 Å². The van der Waals surface area contributed by atoms with Gasteiger partial charge in [-0.1, -0.05) is 12.1 Å². The van der Waals surface area contributed by atoms with Crippen LogP contribution in [0.1, 0.15) is 6.42 Å². The van der Waals surface area contributed by atoms with Crippen LogP contribution in [0.4, 0.5) is 5.82 Å². The van der Waals surface area contributed by atoms with Gasteiger partial charge >= 0.3 is 5.69 Å². The van der Waals surface area contributed by atoms with E-state index in [-0.39, 0.29) is 18.9 Å². The Hall–Kier alpha value is -3.49. The van der Waals surface area contributed by atoms with E-state index in [1.807, 2.05) is 24.3 Å². The van der Waals surface area contributed by atoms with E-state index in [4.69, 9.17) is 0 Å². The summed E-state index contributed by atoms with van der Waals surface area (Å²) in [4.78, 5) is 50.4. The van der Waals surface area contributed by atoms with Crippen LogP contribution in [-0.4, -0.2) is 56.5 Å². The molecule has 144 valence electrons. The highest BCUT2D eigenvalue weighted by atomic mass is 16.2. The third-order valence-electron chi connectivity index (χ3n) is 4.86. The van der Waals surface area contributed by atoms with E-state index in [0.717, 1.165) is 16.9 Å². The van der Waals surface area contributed by atoms with Crippen molar-refractivity contribution in [3.8, 4) is 0 Å². The maximum atomic E-state index is 12.5. The van der Waals surface area contributed by atoms with Crippen LogP contribution in [-0.2, 0) is 11.3 Å². The van der Waals surface area contributed by atoms with Crippen LogP contribution >= 0.6 is 0 Å². The summed E-state index contributed by atoms with van der Waals surface area (Å²) in [6.07, 6.45) is 3.38. The molecular weight excluding hydrogens is 360 g/mol. The average molecular weight is 380 g/mol. The zero-order chi connectivity index (χ0) is 19.5. The molecule has 0 spiro atoms. The van der Waals surface area contributed by atoms with E-state index in [2.05, 4.69) is 19.9 Å². The van der Waals surface area contributed by atoms with Crippen molar-refractivity contribution in [3.05, 3.63) is 63.6 Å². The largest absolute Gasteiger partial charge is 0.352 e. The van der Waals surface area contributed by atoms with Gasteiger partial charge in [-0.25, -0.2) is 9.78 Å². The van der Waals surface area contributed by atoms with E-state index < -0.39 is 11.2 Å². The van der Waals surface area contributed by atoms with E-state index in [1.54, 1.807) is 11.1 Å². The van der Waals surface area contributed by atoms with Gasteiger partial charge in [0.25, 0.3) is 5.56 Å². The number of H-pyrrole nitrogens is 1. The number of rotatable bonds is 4. The van der Waals surface area contributed by atoms with Crippen molar-refractivity contribution in [3.63, 3.8) is 0 Å². The second-order valence-corrected chi connectivity index (χ2v) is 6.64. The van der Waals surface area contributed by atoms with Crippen LogP contribution in [0.25, 0.3) is 11.0 Å². The van der Waals surface area contributed by atoms with Crippen molar-refractivity contribution < 1.29 is 4.79 Å². The molecule has 2 aromatic heterocycles. The molecule has 1 aliphatic rings. The minimum atomic E-state index is -0.500. The number of carbonyl (C=O) groups excluding carboxylic acids is 1. The Morgan fingerprint density at radius 3 is 2.54 bits per heavy atom. The number of hydrogen-bond acceptors (Lipinski definition) is 6. The molecule has 1 saturated heterocycles. The Bertz CT molecular complexity index is 1110. The lowest BCUT2D eigenvalue weighted by molar-refractivity contribution is -0.131. The molecule has 1 fully saturated rings. The number of benzene rings is 1. The number of nitrogens with one attached hydrogen (secondary N) is 1. The lowest BCUT2D eigenvalue weighted by Crippen LogP contribution is -2.49. The van der Waals surface area contributed by atoms with Gasteiger partial charge in [-0.05, 0) is 12.1 Å². The number of amides is 1. The lowest BCUT2D eigenvalue weighted by atomic mass is 10.2. The standard InChI is InChI=1S/C19H20N6O3/c26-17-5-7-25(19(28)22-17)8-6-18(27)24-11-9-23(10-12-24)16-13-20-14-3-1-2-4-15(14)21-16/h1-5,7,13H,6,8-12H2,(H,22,26,28). The molecule has 1 aromatic carbocycles. The molecule has 0 aliphatic carbocycles. The zero-order valence-corrected chi connectivity index (χ0v) is 15.2. The summed E-state index contributed by atoms with van der Waals surface area (Å²) in [6.45, 7) is 2.78. The molecule has 4 rings (SSSR count). The fourth-order valence-corrected chi connectivity index (χ4v) is 3.28. The molecule has 3 aromatic rings. The molecule has 0 bridgehead atoms. The quantitative estimate of drug-likeness (QED) is 0.694. The molecule has 0 radical (unpaired) electrons. The molecular formula is C19H20N6O3. The fourth-order valence-electron chi connectivity index (χ4n) is 3.28. The highest BCUT2D eigenvalue weighted by Gasteiger charge is 2.22. The Morgan fingerprint density at radius 2 is 1.79 bits per heavy atom. The fraction of sp³-hybridized carbons (Fsp3) is 0.316. The first-order valence-electron chi connectivity index (χ1n) is 9.14. The molecule has 9 heteroatoms. The Labute approximate surface area is 160 Å². The Morgan fingerprint density at radius 1 is 1.04 bits per heavy atom. The van der Waals surface area contributed by atoms with Gasteiger partial charge in [0.05, 0.1) is 17.2 Å². The Balaban J connectivity index is 1.34. The summed E-state index contributed by atoms with van der Waals surface area (Å²) in [6, 6.07) is 9.00. The summed E-state index contributed by atoms with van der Waals surface area (Å²) in [5, 5.41) is 0. The number of hydrogen-bond donors (Lipinski definition) is 1. The van der Waals surface area contributed by atoms with Crippen LogP contribution in [0.15, 0.2) is 52.3 Å². The first-order valence-corrected chi connectivity index (χ1v) is 9.14. The number of fused-ring (bicyclic) bond motifs is 1. The number of para-hydroxylation sites is 2. The second-order valence-electron chi connectivity index (χ2n) is 6.64. The molecule has 3 heterocycles. The topological polar surface area (TPSA) is 104 Å². The number of nitrogens with zero attached hydrogens (tertiary/aromatic N) is 5. The predicted octanol–water partition coefficient (Wildman–Crippen LogP) is 0.219. The van der Waals surface area contributed by atoms with Crippen LogP contribution in [0.3, 0.4) is 0 Å². The molecule has 9 nitrogen and oxygen atoms in total. The monoisotopic (exact) mass is 380 g/mol. The summed E-state index contributed by atoms with van der Waals surface area (Å²) >= 11 is 0. The average Bonchev–Trinajstić information content (AvgIpc) is 2.72. The molecule has 1 amide bonds. The van der Waals surface area contributed by atoms with Gasteiger partial charge in [-0.15, -0.1) is 0 Å². The van der Waals surface area contributed by atoms with E-state index in [1.165, 1.54) is 16.8 Å². The third kappa shape index (κ3) is 3.78. The molecule has 1 N–H and O–H groups in total. The van der Waals surface area contributed by atoms with Crippen LogP contribution in [0, 0.1) is 0 Å². The van der Waals surface area contributed by atoms with E-state index >= 15 is 0 Å². The number of aromatic nitrogens is 4. The SMILES string of the molecule is O=C(CCn1ccc(=O)[nH]c1=O)N1CCN(c2cnc3ccccc3n2)CC1. The van der Waals surface area contributed by atoms with Gasteiger partial charge in [0, 0.05) is 51.4 Å². The minimum Gasteiger partial charge on any atom is -0.352 e. The summed E-state index contributed by atoms with van der Waals surface area (Å²) in [5.41, 5.74) is 0.767. The van der Waals surface area contributed by atoms with Gasteiger partial charge in [0.1, 0.15) is 5.82 Å². The van der Waals surface area contributed by atoms with Crippen molar-refractivity contribution in [2.24, 2.45) is 0 Å². The maximum absolute atomic E-state index is 12.5. The maximum Gasteiger partial charge on any atom is 0.328 e. The van der Waals surface area contributed by atoms with E-state index in [9.17, 15) is 14.4 Å². The van der Waals surface area contributed by atoms with Crippen molar-refractivity contribution >= 4 is 22.8 Å². The van der Waals surface area contributed by atoms with E-state index in [0.29, 0.717) is 26.2 Å². The van der Waals surface area contributed by atoms with Crippen LogP contribution in [0.2, 0.25) is 0 Å². The Kier molecular flexibility index (Phi) is 4.88. The number of piperazine rings is 1. The minimum absolute atomic E-state index is 0.0117. The number of aromatic amines is 1. The van der Waals surface area contributed by atoms with Gasteiger partial charge in [0.15, 0.2) is 0 Å². The van der Waals surface area contributed by atoms with Gasteiger partial charge < -0.3 is 14.4 Å².